The number of carbonyl (C=O) groups is 1. The summed E-state index contributed by atoms with van der Waals surface area (Å²) in [6, 6.07) is 23.8. The van der Waals surface area contributed by atoms with Crippen LogP contribution in [0.3, 0.4) is 0 Å². The predicted molar refractivity (Wildman–Crippen MR) is 102 cm³/mol. The Kier molecular flexibility index (Phi) is 4.56. The third-order valence-corrected chi connectivity index (χ3v) is 4.63. The molecule has 1 amide bonds. The molecule has 1 aromatic heterocycles. The van der Waals surface area contributed by atoms with E-state index in [1.807, 2.05) is 60.7 Å². The van der Waals surface area contributed by atoms with Crippen molar-refractivity contribution in [3.05, 3.63) is 102 Å². The van der Waals surface area contributed by atoms with E-state index in [-0.39, 0.29) is 11.8 Å². The van der Waals surface area contributed by atoms with E-state index < -0.39 is 0 Å². The van der Waals surface area contributed by atoms with Crippen LogP contribution >= 0.6 is 0 Å². The lowest BCUT2D eigenvalue weighted by molar-refractivity contribution is -0.122. The van der Waals surface area contributed by atoms with E-state index in [0.29, 0.717) is 5.92 Å². The maximum absolute atomic E-state index is 12.5. The molecule has 0 saturated heterocycles. The van der Waals surface area contributed by atoms with Gasteiger partial charge in [-0.2, -0.15) is 5.10 Å². The molecule has 1 heterocycles. The Bertz CT molecular complexity index is 866. The van der Waals surface area contributed by atoms with Crippen molar-refractivity contribution in [2.24, 2.45) is 11.0 Å². The Balaban J connectivity index is 1.52. The van der Waals surface area contributed by atoms with Gasteiger partial charge in [-0.15, -0.1) is 0 Å². The number of benzene rings is 2. The van der Waals surface area contributed by atoms with Crippen LogP contribution in [0.4, 0.5) is 0 Å². The molecule has 1 aliphatic carbocycles. The van der Waals surface area contributed by atoms with Gasteiger partial charge >= 0.3 is 0 Å². The van der Waals surface area contributed by atoms with Gasteiger partial charge in [-0.1, -0.05) is 60.7 Å². The number of pyridine rings is 1. The second-order valence-electron chi connectivity index (χ2n) is 6.40. The lowest BCUT2D eigenvalue weighted by atomic mass is 10.0. The number of carbonyl (C=O) groups excluding carboxylic acids is 1. The van der Waals surface area contributed by atoms with Crippen molar-refractivity contribution in [1.82, 2.24) is 10.4 Å². The van der Waals surface area contributed by atoms with Crippen LogP contribution in [0.5, 0.6) is 0 Å². The SMILES string of the molecule is O=C(N/N=C(/c1ccccc1)c1ccncc1)[C@H]1C[C@@H]1c1ccccc1. The van der Waals surface area contributed by atoms with Gasteiger partial charge in [0.15, 0.2) is 0 Å². The Morgan fingerprint density at radius 1 is 0.885 bits per heavy atom. The van der Waals surface area contributed by atoms with Crippen LogP contribution in [0.15, 0.2) is 90.3 Å². The Morgan fingerprint density at radius 3 is 2.19 bits per heavy atom. The highest BCUT2D eigenvalue weighted by molar-refractivity contribution is 6.13. The number of nitrogens with one attached hydrogen (secondary N) is 1. The monoisotopic (exact) mass is 341 g/mol. The average molecular weight is 341 g/mol. The number of hydrazone groups is 1. The zero-order valence-electron chi connectivity index (χ0n) is 14.2. The summed E-state index contributed by atoms with van der Waals surface area (Å²) in [6.07, 6.45) is 4.32. The highest BCUT2D eigenvalue weighted by Crippen LogP contribution is 2.47. The lowest BCUT2D eigenvalue weighted by Crippen LogP contribution is -2.22. The lowest BCUT2D eigenvalue weighted by Gasteiger charge is -2.08. The number of hydrogen-bond donors (Lipinski definition) is 1. The summed E-state index contributed by atoms with van der Waals surface area (Å²) in [7, 11) is 0. The Hall–Kier alpha value is -3.27. The average Bonchev–Trinajstić information content (AvgIpc) is 3.51. The Labute approximate surface area is 152 Å². The molecule has 4 nitrogen and oxygen atoms in total. The van der Waals surface area contributed by atoms with Crippen LogP contribution in [-0.4, -0.2) is 16.6 Å². The van der Waals surface area contributed by atoms with Crippen LogP contribution < -0.4 is 5.43 Å². The summed E-state index contributed by atoms with van der Waals surface area (Å²) in [5, 5.41) is 4.44. The van der Waals surface area contributed by atoms with E-state index in [9.17, 15) is 4.79 Å². The van der Waals surface area contributed by atoms with E-state index in [2.05, 4.69) is 27.6 Å². The molecule has 2 atom stereocenters. The maximum Gasteiger partial charge on any atom is 0.243 e. The zero-order chi connectivity index (χ0) is 17.8. The molecule has 26 heavy (non-hydrogen) atoms. The second kappa shape index (κ2) is 7.31. The molecule has 4 heteroatoms. The molecule has 0 unspecified atom stereocenters. The summed E-state index contributed by atoms with van der Waals surface area (Å²) in [6.45, 7) is 0. The van der Waals surface area contributed by atoms with E-state index in [4.69, 9.17) is 0 Å². The molecular formula is C22H19N3O. The van der Waals surface area contributed by atoms with E-state index in [1.165, 1.54) is 5.56 Å². The highest BCUT2D eigenvalue weighted by atomic mass is 16.2. The van der Waals surface area contributed by atoms with E-state index in [0.717, 1.165) is 23.3 Å². The first-order chi connectivity index (χ1) is 12.8. The fraction of sp³-hybridized carbons (Fsp3) is 0.136. The summed E-state index contributed by atoms with van der Waals surface area (Å²) in [5.74, 6) is 0.268. The van der Waals surface area contributed by atoms with Crippen LogP contribution in [0, 0.1) is 5.92 Å². The second-order valence-corrected chi connectivity index (χ2v) is 6.40. The normalized spacial score (nSPS) is 19.0. The van der Waals surface area contributed by atoms with Gasteiger partial charge in [0, 0.05) is 29.4 Å². The Morgan fingerprint density at radius 2 is 1.50 bits per heavy atom. The molecule has 1 N–H and O–H groups in total. The highest BCUT2D eigenvalue weighted by Gasteiger charge is 2.43. The first-order valence-electron chi connectivity index (χ1n) is 8.71. The fourth-order valence-corrected chi connectivity index (χ4v) is 3.15. The van der Waals surface area contributed by atoms with Gasteiger partial charge in [0.1, 0.15) is 0 Å². The molecule has 1 saturated carbocycles. The summed E-state index contributed by atoms with van der Waals surface area (Å²) in [5.41, 5.74) is 6.59. The first-order valence-corrected chi connectivity index (χ1v) is 8.71. The summed E-state index contributed by atoms with van der Waals surface area (Å²) in [4.78, 5) is 16.6. The van der Waals surface area contributed by atoms with Crippen molar-refractivity contribution < 1.29 is 4.79 Å². The molecule has 3 aromatic rings. The number of hydrogen-bond acceptors (Lipinski definition) is 3. The topological polar surface area (TPSA) is 54.4 Å². The van der Waals surface area contributed by atoms with Crippen LogP contribution in [0.25, 0.3) is 0 Å². The third-order valence-electron chi connectivity index (χ3n) is 4.63. The van der Waals surface area contributed by atoms with Crippen molar-refractivity contribution in [3.8, 4) is 0 Å². The maximum atomic E-state index is 12.5. The number of amides is 1. The molecule has 128 valence electrons. The van der Waals surface area contributed by atoms with Crippen molar-refractivity contribution >= 4 is 11.6 Å². The van der Waals surface area contributed by atoms with Gasteiger partial charge in [-0.25, -0.2) is 5.43 Å². The number of aromatic nitrogens is 1. The van der Waals surface area contributed by atoms with Gasteiger partial charge in [-0.05, 0) is 30.0 Å². The molecular weight excluding hydrogens is 322 g/mol. The standard InChI is InChI=1S/C22H19N3O/c26-22(20-15-19(20)16-7-3-1-4-8-16)25-24-21(17-9-5-2-6-10-17)18-11-13-23-14-12-18/h1-14,19-20H,15H2,(H,25,26)/b24-21-/t19-,20+/m1/s1. The molecule has 1 fully saturated rings. The van der Waals surface area contributed by atoms with Crippen molar-refractivity contribution in [2.45, 2.75) is 12.3 Å². The minimum atomic E-state index is -0.0265. The summed E-state index contributed by atoms with van der Waals surface area (Å²) >= 11 is 0. The van der Waals surface area contributed by atoms with Gasteiger partial charge in [-0.3, -0.25) is 9.78 Å². The predicted octanol–water partition coefficient (Wildman–Crippen LogP) is 3.75. The molecule has 0 bridgehead atoms. The van der Waals surface area contributed by atoms with Gasteiger partial charge in [0.05, 0.1) is 5.71 Å². The zero-order valence-corrected chi connectivity index (χ0v) is 14.2. The van der Waals surface area contributed by atoms with Crippen LogP contribution in [0.1, 0.15) is 29.0 Å². The van der Waals surface area contributed by atoms with E-state index in [1.54, 1.807) is 12.4 Å². The number of nitrogens with zero attached hydrogens (tertiary/aromatic N) is 2. The quantitative estimate of drug-likeness (QED) is 0.567. The molecule has 1 aliphatic rings. The van der Waals surface area contributed by atoms with Crippen LogP contribution in [0.2, 0.25) is 0 Å². The van der Waals surface area contributed by atoms with Gasteiger partial charge < -0.3 is 0 Å². The van der Waals surface area contributed by atoms with Crippen molar-refractivity contribution in [1.29, 1.82) is 0 Å². The minimum absolute atomic E-state index is 0.00406. The van der Waals surface area contributed by atoms with Crippen molar-refractivity contribution in [2.75, 3.05) is 0 Å². The first kappa shape index (κ1) is 16.2. The third kappa shape index (κ3) is 3.54. The summed E-state index contributed by atoms with van der Waals surface area (Å²) < 4.78 is 0. The van der Waals surface area contributed by atoms with E-state index >= 15 is 0 Å². The minimum Gasteiger partial charge on any atom is -0.273 e. The molecule has 0 radical (unpaired) electrons. The molecule has 0 aliphatic heterocycles. The smallest absolute Gasteiger partial charge is 0.243 e. The van der Waals surface area contributed by atoms with Gasteiger partial charge in [0.2, 0.25) is 5.91 Å². The molecule has 0 spiro atoms. The largest absolute Gasteiger partial charge is 0.273 e. The fourth-order valence-electron chi connectivity index (χ4n) is 3.15. The number of rotatable bonds is 5. The van der Waals surface area contributed by atoms with Crippen LogP contribution in [-0.2, 0) is 4.79 Å². The van der Waals surface area contributed by atoms with Crippen molar-refractivity contribution in [3.63, 3.8) is 0 Å². The molecule has 4 rings (SSSR count). The van der Waals surface area contributed by atoms with Gasteiger partial charge in [0.25, 0.3) is 0 Å². The molecule has 2 aromatic carbocycles.